The molecule has 0 atom stereocenters. The summed E-state index contributed by atoms with van der Waals surface area (Å²) in [4.78, 5) is 30.8. The second kappa shape index (κ2) is 10.5. The summed E-state index contributed by atoms with van der Waals surface area (Å²) in [5.74, 6) is 0.763. The van der Waals surface area contributed by atoms with Crippen molar-refractivity contribution in [2.45, 2.75) is 59.5 Å². The Morgan fingerprint density at radius 3 is 2.32 bits per heavy atom. The van der Waals surface area contributed by atoms with Crippen LogP contribution in [0.2, 0.25) is 0 Å². The summed E-state index contributed by atoms with van der Waals surface area (Å²) >= 11 is 0. The van der Waals surface area contributed by atoms with Crippen LogP contribution in [0.3, 0.4) is 0 Å². The minimum Gasteiger partial charge on any atom is -0.508 e. The van der Waals surface area contributed by atoms with Crippen molar-refractivity contribution < 1.29 is 14.7 Å². The lowest BCUT2D eigenvalue weighted by Crippen LogP contribution is -2.54. The molecule has 1 aliphatic rings. The normalized spacial score (nSPS) is 15.6. The number of carbonyl (C=O) groups is 2. The lowest BCUT2D eigenvalue weighted by molar-refractivity contribution is -0.134. The van der Waals surface area contributed by atoms with E-state index in [1.165, 1.54) is 5.56 Å². The van der Waals surface area contributed by atoms with Gasteiger partial charge in [0.15, 0.2) is 0 Å². The Morgan fingerprint density at radius 2 is 1.77 bits per heavy atom. The number of amides is 2. The minimum atomic E-state index is -0.235. The van der Waals surface area contributed by atoms with Crippen LogP contribution in [0.15, 0.2) is 12.1 Å². The molecule has 31 heavy (non-hydrogen) atoms. The number of nitrogens with one attached hydrogen (secondary N) is 1. The van der Waals surface area contributed by atoms with E-state index in [9.17, 15) is 14.7 Å². The molecule has 1 aromatic rings. The second-order valence-electron chi connectivity index (χ2n) is 10.1. The van der Waals surface area contributed by atoms with Gasteiger partial charge in [-0.2, -0.15) is 0 Å². The summed E-state index contributed by atoms with van der Waals surface area (Å²) in [6.45, 7) is 16.0. The predicted octanol–water partition coefficient (Wildman–Crippen LogP) is 2.31. The highest BCUT2D eigenvalue weighted by atomic mass is 16.3. The molecular formula is C24H40N4O3. The van der Waals surface area contributed by atoms with Gasteiger partial charge in [0.1, 0.15) is 5.75 Å². The number of nitrogens with zero attached hydrogens (tertiary/aromatic N) is 3. The molecule has 1 fully saturated rings. The molecule has 0 radical (unpaired) electrons. The van der Waals surface area contributed by atoms with Crippen LogP contribution in [-0.4, -0.2) is 83.5 Å². The van der Waals surface area contributed by atoms with Crippen molar-refractivity contribution in [1.82, 2.24) is 20.0 Å². The zero-order valence-corrected chi connectivity index (χ0v) is 20.3. The Balaban J connectivity index is 1.84. The van der Waals surface area contributed by atoms with Crippen molar-refractivity contribution in [3.05, 3.63) is 28.8 Å². The summed E-state index contributed by atoms with van der Waals surface area (Å²) in [6, 6.07) is 3.87. The van der Waals surface area contributed by atoms with Crippen LogP contribution >= 0.6 is 0 Å². The molecule has 0 spiro atoms. The molecule has 2 amide bonds. The van der Waals surface area contributed by atoms with Crippen LogP contribution in [0, 0.1) is 6.92 Å². The molecule has 1 heterocycles. The summed E-state index contributed by atoms with van der Waals surface area (Å²) in [5.41, 5.74) is 2.92. The van der Waals surface area contributed by atoms with E-state index >= 15 is 0 Å². The van der Waals surface area contributed by atoms with E-state index in [2.05, 4.69) is 30.1 Å². The fraction of sp³-hybridized carbons (Fsp3) is 0.667. The predicted molar refractivity (Wildman–Crippen MR) is 124 cm³/mol. The Hall–Kier alpha value is -2.12. The summed E-state index contributed by atoms with van der Waals surface area (Å²) < 4.78 is 0. The molecule has 2 N–H and O–H groups in total. The van der Waals surface area contributed by atoms with Gasteiger partial charge in [-0.1, -0.05) is 19.9 Å². The van der Waals surface area contributed by atoms with E-state index < -0.39 is 0 Å². The second-order valence-corrected chi connectivity index (χ2v) is 10.1. The number of rotatable bonds is 7. The maximum absolute atomic E-state index is 12.8. The molecule has 0 aliphatic carbocycles. The number of hydrogen-bond donors (Lipinski definition) is 2. The number of piperazine rings is 1. The average molecular weight is 433 g/mol. The zero-order chi connectivity index (χ0) is 23.3. The molecule has 1 saturated heterocycles. The fourth-order valence-corrected chi connectivity index (χ4v) is 4.00. The van der Waals surface area contributed by atoms with Crippen LogP contribution in [0.5, 0.6) is 5.75 Å². The van der Waals surface area contributed by atoms with E-state index in [0.717, 1.165) is 11.1 Å². The van der Waals surface area contributed by atoms with Crippen LogP contribution < -0.4 is 5.32 Å². The third kappa shape index (κ3) is 7.82. The highest BCUT2D eigenvalue weighted by Crippen LogP contribution is 2.28. The zero-order valence-electron chi connectivity index (χ0n) is 20.3. The topological polar surface area (TPSA) is 76.1 Å². The first-order valence-corrected chi connectivity index (χ1v) is 11.2. The van der Waals surface area contributed by atoms with Gasteiger partial charge < -0.3 is 15.3 Å². The van der Waals surface area contributed by atoms with Crippen LogP contribution in [-0.2, 0) is 16.1 Å². The third-order valence-electron chi connectivity index (χ3n) is 5.54. The molecule has 0 saturated carbocycles. The first-order chi connectivity index (χ1) is 14.4. The van der Waals surface area contributed by atoms with Crippen molar-refractivity contribution in [3.63, 3.8) is 0 Å². The number of hydrogen-bond acceptors (Lipinski definition) is 5. The Bertz CT molecular complexity index is 778. The molecule has 0 bridgehead atoms. The van der Waals surface area contributed by atoms with E-state index in [-0.39, 0.29) is 23.1 Å². The molecule has 174 valence electrons. The number of likely N-dealkylation sites (N-methyl/N-ethyl adjacent to an activating group) is 1. The average Bonchev–Trinajstić information content (AvgIpc) is 2.62. The highest BCUT2D eigenvalue weighted by Gasteiger charge is 2.24. The molecule has 1 aromatic carbocycles. The molecule has 7 nitrogen and oxygen atoms in total. The number of carbonyl (C=O) groups excluding carboxylic acids is 2. The van der Waals surface area contributed by atoms with Gasteiger partial charge in [-0.15, -0.1) is 0 Å². The summed E-state index contributed by atoms with van der Waals surface area (Å²) in [5, 5.41) is 13.3. The maximum Gasteiger partial charge on any atom is 0.236 e. The van der Waals surface area contributed by atoms with Crippen LogP contribution in [0.1, 0.15) is 57.2 Å². The van der Waals surface area contributed by atoms with Gasteiger partial charge in [-0.05, 0) is 57.9 Å². The number of aromatic hydroxyl groups is 1. The molecule has 0 unspecified atom stereocenters. The van der Waals surface area contributed by atoms with Gasteiger partial charge in [-0.25, -0.2) is 0 Å². The summed E-state index contributed by atoms with van der Waals surface area (Å²) in [6.07, 6.45) is 0. The monoisotopic (exact) mass is 432 g/mol. The number of phenols is 1. The van der Waals surface area contributed by atoms with Gasteiger partial charge >= 0.3 is 0 Å². The smallest absolute Gasteiger partial charge is 0.236 e. The van der Waals surface area contributed by atoms with Crippen molar-refractivity contribution in [1.29, 1.82) is 0 Å². The third-order valence-corrected chi connectivity index (χ3v) is 5.54. The largest absolute Gasteiger partial charge is 0.508 e. The molecular weight excluding hydrogens is 392 g/mol. The molecule has 7 heteroatoms. The van der Waals surface area contributed by atoms with Crippen LogP contribution in [0.25, 0.3) is 0 Å². The Kier molecular flexibility index (Phi) is 8.49. The van der Waals surface area contributed by atoms with Gasteiger partial charge in [0, 0.05) is 43.8 Å². The Labute approximate surface area is 187 Å². The highest BCUT2D eigenvalue weighted by molar-refractivity contribution is 5.79. The van der Waals surface area contributed by atoms with E-state index in [0.29, 0.717) is 51.7 Å². The van der Waals surface area contributed by atoms with Gasteiger partial charge in [0.05, 0.1) is 13.1 Å². The lowest BCUT2D eigenvalue weighted by Gasteiger charge is -2.35. The first kappa shape index (κ1) is 25.1. The molecule has 1 aliphatic heterocycles. The fourth-order valence-electron chi connectivity index (χ4n) is 4.00. The SMILES string of the molecule is Cc1cc(O)c(CN(C)CC(=O)N2CCN(CC(=O)NC(C)(C)C)CC2)cc1C(C)C. The maximum atomic E-state index is 12.8. The minimum absolute atomic E-state index is 0.0192. The summed E-state index contributed by atoms with van der Waals surface area (Å²) in [7, 11) is 1.90. The van der Waals surface area contributed by atoms with Gasteiger partial charge in [-0.3, -0.25) is 19.4 Å². The van der Waals surface area contributed by atoms with Crippen molar-refractivity contribution in [2.24, 2.45) is 0 Å². The van der Waals surface area contributed by atoms with Crippen molar-refractivity contribution in [2.75, 3.05) is 46.3 Å². The van der Waals surface area contributed by atoms with Crippen LogP contribution in [0.4, 0.5) is 0 Å². The lowest BCUT2D eigenvalue weighted by atomic mass is 9.95. The molecule has 0 aromatic heterocycles. The first-order valence-electron chi connectivity index (χ1n) is 11.2. The van der Waals surface area contributed by atoms with E-state index in [1.54, 1.807) is 0 Å². The number of aryl methyl sites for hydroxylation is 1. The van der Waals surface area contributed by atoms with Crippen molar-refractivity contribution in [3.8, 4) is 5.75 Å². The molecule has 2 rings (SSSR count). The number of phenolic OH excluding ortho intramolecular Hbond substituents is 1. The van der Waals surface area contributed by atoms with E-state index in [4.69, 9.17) is 0 Å². The van der Waals surface area contributed by atoms with Crippen molar-refractivity contribution >= 4 is 11.8 Å². The van der Waals surface area contributed by atoms with Gasteiger partial charge in [0.2, 0.25) is 11.8 Å². The Morgan fingerprint density at radius 1 is 1.16 bits per heavy atom. The quantitative estimate of drug-likeness (QED) is 0.692. The standard InChI is InChI=1S/C24H40N4O3/c1-17(2)20-13-19(21(29)12-18(20)3)14-26(7)16-23(31)28-10-8-27(9-11-28)15-22(30)25-24(4,5)6/h12-13,17,29H,8-11,14-16H2,1-7H3,(H,25,30). The number of benzene rings is 1. The van der Waals surface area contributed by atoms with Gasteiger partial charge in [0.25, 0.3) is 0 Å². The van der Waals surface area contributed by atoms with E-state index in [1.807, 2.05) is 50.6 Å².